The normalized spacial score (nSPS) is 11.9. The molecule has 1 aromatic heterocycles. The van der Waals surface area contributed by atoms with Crippen molar-refractivity contribution in [1.29, 1.82) is 0 Å². The van der Waals surface area contributed by atoms with Crippen LogP contribution in [0.25, 0.3) is 0 Å². The highest BCUT2D eigenvalue weighted by atomic mass is 32.2. The van der Waals surface area contributed by atoms with E-state index in [0.29, 0.717) is 11.6 Å². The summed E-state index contributed by atoms with van der Waals surface area (Å²) in [4.78, 5) is 17.3. The Balaban J connectivity index is 1.65. The quantitative estimate of drug-likeness (QED) is 0.598. The van der Waals surface area contributed by atoms with Crippen molar-refractivity contribution in [1.82, 2.24) is 4.98 Å². The summed E-state index contributed by atoms with van der Waals surface area (Å²) in [5, 5.41) is 2.92. The summed E-state index contributed by atoms with van der Waals surface area (Å²) in [6.07, 6.45) is -1.73. The number of amides is 1. The fourth-order valence-electron chi connectivity index (χ4n) is 2.49. The number of nitrogens with one attached hydrogen (secondary N) is 1. The van der Waals surface area contributed by atoms with E-state index in [0.717, 1.165) is 16.7 Å². The van der Waals surface area contributed by atoms with Crippen molar-refractivity contribution in [2.75, 3.05) is 11.6 Å². The van der Waals surface area contributed by atoms with Gasteiger partial charge in [-0.25, -0.2) is 13.4 Å². The molecular weight excluding hydrogens is 441 g/mol. The van der Waals surface area contributed by atoms with Gasteiger partial charge < -0.3 is 4.74 Å². The number of benzene rings is 2. The Labute approximate surface area is 174 Å². The lowest BCUT2D eigenvalue weighted by Crippen LogP contribution is -2.17. The standard InChI is InChI=1S/C19H15F3N2O4S2/c1-30(26,27)16-4-2-3-13(10-16)17(25)24-18-23-11-15(29-18)9-12-5-7-14(8-6-12)28-19(20,21)22/h2-8,10-11H,9H2,1H3,(H,23,24,25). The molecule has 0 fully saturated rings. The van der Waals surface area contributed by atoms with Crippen molar-refractivity contribution in [3.8, 4) is 5.75 Å². The number of hydrogen-bond donors (Lipinski definition) is 1. The zero-order valence-electron chi connectivity index (χ0n) is 15.4. The lowest BCUT2D eigenvalue weighted by atomic mass is 10.1. The number of rotatable bonds is 6. The molecular formula is C19H15F3N2O4S2. The maximum Gasteiger partial charge on any atom is 0.573 e. The topological polar surface area (TPSA) is 85.4 Å². The van der Waals surface area contributed by atoms with E-state index in [1.807, 2.05) is 0 Å². The predicted molar refractivity (Wildman–Crippen MR) is 106 cm³/mol. The molecule has 3 rings (SSSR count). The van der Waals surface area contributed by atoms with Gasteiger partial charge in [-0.15, -0.1) is 24.5 Å². The lowest BCUT2D eigenvalue weighted by Gasteiger charge is -2.08. The molecule has 0 bridgehead atoms. The third-order valence-electron chi connectivity index (χ3n) is 3.83. The van der Waals surface area contributed by atoms with E-state index in [4.69, 9.17) is 0 Å². The van der Waals surface area contributed by atoms with Crippen molar-refractivity contribution in [2.24, 2.45) is 0 Å². The van der Waals surface area contributed by atoms with E-state index in [1.165, 1.54) is 59.9 Å². The molecule has 0 atom stereocenters. The minimum atomic E-state index is -4.74. The van der Waals surface area contributed by atoms with E-state index >= 15 is 0 Å². The number of nitrogens with zero attached hydrogens (tertiary/aromatic N) is 1. The second-order valence-corrected chi connectivity index (χ2v) is 9.39. The first-order chi connectivity index (χ1) is 14.0. The van der Waals surface area contributed by atoms with Crippen molar-refractivity contribution < 1.29 is 31.1 Å². The third-order valence-corrected chi connectivity index (χ3v) is 5.86. The van der Waals surface area contributed by atoms with Crippen molar-refractivity contribution in [2.45, 2.75) is 17.7 Å². The van der Waals surface area contributed by atoms with Crippen LogP contribution in [-0.2, 0) is 16.3 Å². The van der Waals surface area contributed by atoms with Crippen LogP contribution in [-0.4, -0.2) is 31.9 Å². The second kappa shape index (κ2) is 8.44. The van der Waals surface area contributed by atoms with Gasteiger partial charge in [0.1, 0.15) is 5.75 Å². The number of anilines is 1. The number of alkyl halides is 3. The number of carbonyl (C=O) groups is 1. The first kappa shape index (κ1) is 21.8. The van der Waals surface area contributed by atoms with E-state index in [-0.39, 0.29) is 16.2 Å². The van der Waals surface area contributed by atoms with Crippen LogP contribution in [0.3, 0.4) is 0 Å². The first-order valence-corrected chi connectivity index (χ1v) is 11.1. The van der Waals surface area contributed by atoms with E-state index in [1.54, 1.807) is 6.20 Å². The molecule has 0 unspecified atom stereocenters. The molecule has 0 radical (unpaired) electrons. The predicted octanol–water partition coefficient (Wildman–Crippen LogP) is 4.29. The molecule has 1 N–H and O–H groups in total. The average molecular weight is 456 g/mol. The zero-order valence-corrected chi connectivity index (χ0v) is 17.1. The van der Waals surface area contributed by atoms with E-state index in [2.05, 4.69) is 15.0 Å². The van der Waals surface area contributed by atoms with E-state index < -0.39 is 22.1 Å². The molecule has 1 amide bonds. The van der Waals surface area contributed by atoms with Crippen molar-refractivity contribution in [3.63, 3.8) is 0 Å². The van der Waals surface area contributed by atoms with Gasteiger partial charge >= 0.3 is 6.36 Å². The van der Waals surface area contributed by atoms with Gasteiger partial charge in [-0.1, -0.05) is 18.2 Å². The Bertz CT molecular complexity index is 1160. The van der Waals surface area contributed by atoms with Crippen LogP contribution in [0.5, 0.6) is 5.75 Å². The fourth-order valence-corrected chi connectivity index (χ4v) is 4.00. The van der Waals surface area contributed by atoms with Gasteiger partial charge in [0.25, 0.3) is 5.91 Å². The molecule has 0 saturated heterocycles. The van der Waals surface area contributed by atoms with Crippen LogP contribution in [0.4, 0.5) is 18.3 Å². The van der Waals surface area contributed by atoms with Gasteiger partial charge in [0, 0.05) is 29.3 Å². The van der Waals surface area contributed by atoms with Crippen LogP contribution >= 0.6 is 11.3 Å². The summed E-state index contributed by atoms with van der Waals surface area (Å²) in [7, 11) is -3.44. The third kappa shape index (κ3) is 6.04. The number of hydrogen-bond acceptors (Lipinski definition) is 6. The molecule has 6 nitrogen and oxygen atoms in total. The van der Waals surface area contributed by atoms with Gasteiger partial charge in [0.15, 0.2) is 15.0 Å². The SMILES string of the molecule is CS(=O)(=O)c1cccc(C(=O)Nc2ncc(Cc3ccc(OC(F)(F)F)cc3)s2)c1. The second-order valence-electron chi connectivity index (χ2n) is 6.25. The largest absolute Gasteiger partial charge is 0.573 e. The maximum absolute atomic E-state index is 12.4. The molecule has 0 saturated carbocycles. The fraction of sp³-hybridized carbons (Fsp3) is 0.158. The molecule has 0 aliphatic rings. The molecule has 0 spiro atoms. The number of ether oxygens (including phenoxy) is 1. The minimum absolute atomic E-state index is 0.0351. The summed E-state index contributed by atoms with van der Waals surface area (Å²) < 4.78 is 63.7. The monoisotopic (exact) mass is 456 g/mol. The molecule has 2 aromatic carbocycles. The molecule has 30 heavy (non-hydrogen) atoms. The number of aromatic nitrogens is 1. The van der Waals surface area contributed by atoms with Crippen LogP contribution in [0, 0.1) is 0 Å². The molecule has 3 aromatic rings. The summed E-state index contributed by atoms with van der Waals surface area (Å²) in [6, 6.07) is 11.1. The van der Waals surface area contributed by atoms with Crippen molar-refractivity contribution in [3.05, 3.63) is 70.7 Å². The Morgan fingerprint density at radius 2 is 1.87 bits per heavy atom. The number of halogens is 3. The Kier molecular flexibility index (Phi) is 6.13. The summed E-state index contributed by atoms with van der Waals surface area (Å²) in [5.41, 5.74) is 0.918. The average Bonchev–Trinajstić information content (AvgIpc) is 3.08. The molecule has 158 valence electrons. The molecule has 11 heteroatoms. The lowest BCUT2D eigenvalue weighted by molar-refractivity contribution is -0.274. The summed E-state index contributed by atoms with van der Waals surface area (Å²) in [6.45, 7) is 0. The Morgan fingerprint density at radius 3 is 2.50 bits per heavy atom. The van der Waals surface area contributed by atoms with Gasteiger partial charge in [-0.05, 0) is 35.9 Å². The van der Waals surface area contributed by atoms with Crippen LogP contribution in [0.15, 0.2) is 59.6 Å². The highest BCUT2D eigenvalue weighted by Crippen LogP contribution is 2.25. The van der Waals surface area contributed by atoms with Crippen LogP contribution in [0.2, 0.25) is 0 Å². The first-order valence-electron chi connectivity index (χ1n) is 8.40. The smallest absolute Gasteiger partial charge is 0.406 e. The van der Waals surface area contributed by atoms with Gasteiger partial charge in [-0.3, -0.25) is 10.1 Å². The van der Waals surface area contributed by atoms with E-state index in [9.17, 15) is 26.4 Å². The number of sulfone groups is 1. The summed E-state index contributed by atoms with van der Waals surface area (Å²) in [5.74, 6) is -0.810. The van der Waals surface area contributed by atoms with Crippen LogP contribution in [0.1, 0.15) is 20.8 Å². The summed E-state index contributed by atoms with van der Waals surface area (Å²) >= 11 is 1.20. The Hall–Kier alpha value is -2.92. The van der Waals surface area contributed by atoms with Crippen LogP contribution < -0.4 is 10.1 Å². The molecule has 0 aliphatic carbocycles. The molecule has 1 heterocycles. The number of thiazole rings is 1. The van der Waals surface area contributed by atoms with Crippen molar-refractivity contribution >= 4 is 32.2 Å². The van der Waals surface area contributed by atoms with Gasteiger partial charge in [0.2, 0.25) is 0 Å². The Morgan fingerprint density at radius 1 is 1.17 bits per heavy atom. The zero-order chi connectivity index (χ0) is 21.9. The molecule has 0 aliphatic heterocycles. The maximum atomic E-state index is 12.4. The van der Waals surface area contributed by atoms with Gasteiger partial charge in [0.05, 0.1) is 4.90 Å². The minimum Gasteiger partial charge on any atom is -0.406 e. The highest BCUT2D eigenvalue weighted by Gasteiger charge is 2.30. The van der Waals surface area contributed by atoms with Gasteiger partial charge in [-0.2, -0.15) is 0 Å². The highest BCUT2D eigenvalue weighted by molar-refractivity contribution is 7.90. The number of carbonyl (C=O) groups excluding carboxylic acids is 1.